The second-order valence-corrected chi connectivity index (χ2v) is 6.24. The van der Waals surface area contributed by atoms with Crippen molar-refractivity contribution in [1.82, 2.24) is 9.97 Å². The van der Waals surface area contributed by atoms with Gasteiger partial charge in [-0.05, 0) is 54.6 Å². The first-order chi connectivity index (χ1) is 14.0. The molecule has 4 aromatic rings. The predicted octanol–water partition coefficient (Wildman–Crippen LogP) is 4.84. The van der Waals surface area contributed by atoms with Gasteiger partial charge in [0.25, 0.3) is 5.91 Å². The topological polar surface area (TPSA) is 64.1 Å². The molecule has 7 heteroatoms. The molecule has 2 aromatic carbocycles. The molecule has 0 radical (unpaired) electrons. The Hall–Kier alpha value is -3.87. The third kappa shape index (κ3) is 3.89. The van der Waals surface area contributed by atoms with Crippen LogP contribution < -0.4 is 10.1 Å². The maximum absolute atomic E-state index is 13.8. The molecule has 0 aliphatic rings. The van der Waals surface area contributed by atoms with Gasteiger partial charge in [-0.2, -0.15) is 4.39 Å². The fourth-order valence-electron chi connectivity index (χ4n) is 2.96. The summed E-state index contributed by atoms with van der Waals surface area (Å²) < 4.78 is 32.3. The first kappa shape index (κ1) is 18.5. The number of carbonyl (C=O) groups excluding carboxylic acids is 1. The zero-order chi connectivity index (χ0) is 20.4. The smallest absolute Gasteiger partial charge is 0.257 e. The van der Waals surface area contributed by atoms with E-state index in [0.29, 0.717) is 22.3 Å². The number of hydrogen-bond donors (Lipinski definition) is 1. The van der Waals surface area contributed by atoms with Crippen molar-refractivity contribution >= 4 is 22.6 Å². The molecule has 0 spiro atoms. The predicted molar refractivity (Wildman–Crippen MR) is 106 cm³/mol. The first-order valence-electron chi connectivity index (χ1n) is 8.72. The minimum absolute atomic E-state index is 0.0769. The number of nitrogens with one attached hydrogen (secondary N) is 1. The first-order valence-corrected chi connectivity index (χ1v) is 8.72. The summed E-state index contributed by atoms with van der Waals surface area (Å²) in [7, 11) is 1.56. The van der Waals surface area contributed by atoms with E-state index in [1.165, 1.54) is 36.4 Å². The highest BCUT2D eigenvalue weighted by Gasteiger charge is 2.16. The third-order valence-corrected chi connectivity index (χ3v) is 4.36. The lowest BCUT2D eigenvalue weighted by molar-refractivity contribution is 0.102. The van der Waals surface area contributed by atoms with Crippen molar-refractivity contribution < 1.29 is 18.3 Å². The van der Waals surface area contributed by atoms with Crippen molar-refractivity contribution in [3.63, 3.8) is 0 Å². The number of anilines is 1. The number of hydrogen-bond acceptors (Lipinski definition) is 4. The van der Waals surface area contributed by atoms with Gasteiger partial charge in [0.15, 0.2) is 0 Å². The highest BCUT2D eigenvalue weighted by atomic mass is 19.1. The van der Waals surface area contributed by atoms with Gasteiger partial charge in [-0.3, -0.25) is 4.79 Å². The van der Waals surface area contributed by atoms with Gasteiger partial charge < -0.3 is 10.1 Å². The van der Waals surface area contributed by atoms with Crippen LogP contribution in [0.3, 0.4) is 0 Å². The average molecular weight is 391 g/mol. The van der Waals surface area contributed by atoms with Crippen molar-refractivity contribution in [1.29, 1.82) is 0 Å². The molecule has 1 amide bonds. The Balaban J connectivity index is 1.81. The molecule has 0 aliphatic carbocycles. The molecule has 144 valence electrons. The van der Waals surface area contributed by atoms with E-state index in [4.69, 9.17) is 4.74 Å². The average Bonchev–Trinajstić information content (AvgIpc) is 2.72. The Morgan fingerprint density at radius 3 is 2.48 bits per heavy atom. The van der Waals surface area contributed by atoms with E-state index in [1.807, 2.05) is 0 Å². The van der Waals surface area contributed by atoms with Gasteiger partial charge in [-0.25, -0.2) is 14.4 Å². The maximum atomic E-state index is 13.8. The number of pyridine rings is 2. The molecule has 0 bridgehead atoms. The van der Waals surface area contributed by atoms with Gasteiger partial charge in [-0.1, -0.05) is 6.07 Å². The molecule has 5 nitrogen and oxygen atoms in total. The number of nitrogens with zero attached hydrogens (tertiary/aromatic N) is 2. The molecule has 2 aromatic heterocycles. The van der Waals surface area contributed by atoms with Crippen LogP contribution in [0.25, 0.3) is 22.2 Å². The Bertz CT molecular complexity index is 1210. The molecule has 29 heavy (non-hydrogen) atoms. The van der Waals surface area contributed by atoms with Crippen molar-refractivity contribution in [2.24, 2.45) is 0 Å². The number of aromatic nitrogens is 2. The standard InChI is InChI=1S/C22H15F2N3O2/c1-29-15-8-5-13(6-9-15)18-12-17(16-10-7-14(23)11-19(16)25-18)22(28)27-21-4-2-3-20(24)26-21/h2-12H,1H3,(H,26,27,28). The summed E-state index contributed by atoms with van der Waals surface area (Å²) >= 11 is 0. The molecule has 4 rings (SSSR count). The number of ether oxygens (including phenoxy) is 1. The third-order valence-electron chi connectivity index (χ3n) is 4.36. The number of halogens is 2. The number of amides is 1. The highest BCUT2D eigenvalue weighted by molar-refractivity contribution is 6.12. The van der Waals surface area contributed by atoms with E-state index in [-0.39, 0.29) is 11.4 Å². The number of methoxy groups -OCH3 is 1. The largest absolute Gasteiger partial charge is 0.497 e. The van der Waals surface area contributed by atoms with Crippen LogP contribution in [0, 0.1) is 11.8 Å². The van der Waals surface area contributed by atoms with E-state index >= 15 is 0 Å². The van der Waals surface area contributed by atoms with Gasteiger partial charge in [0.2, 0.25) is 5.95 Å². The summed E-state index contributed by atoms with van der Waals surface area (Å²) in [4.78, 5) is 21.0. The van der Waals surface area contributed by atoms with Gasteiger partial charge in [0.05, 0.1) is 23.9 Å². The van der Waals surface area contributed by atoms with Crippen LogP contribution in [-0.2, 0) is 0 Å². The van der Waals surface area contributed by atoms with Crippen molar-refractivity contribution in [3.05, 3.63) is 84.1 Å². The summed E-state index contributed by atoms with van der Waals surface area (Å²) in [6.45, 7) is 0. The molecule has 0 fully saturated rings. The summed E-state index contributed by atoms with van der Waals surface area (Å²) in [6, 6.07) is 16.8. The van der Waals surface area contributed by atoms with E-state index < -0.39 is 17.7 Å². The molecule has 0 saturated heterocycles. The van der Waals surface area contributed by atoms with Gasteiger partial charge >= 0.3 is 0 Å². The summed E-state index contributed by atoms with van der Waals surface area (Å²) in [5.41, 5.74) is 1.82. The van der Waals surface area contributed by atoms with Crippen molar-refractivity contribution in [3.8, 4) is 17.0 Å². The monoisotopic (exact) mass is 391 g/mol. The Morgan fingerprint density at radius 2 is 1.76 bits per heavy atom. The van der Waals surface area contributed by atoms with E-state index in [0.717, 1.165) is 5.56 Å². The molecule has 0 saturated carbocycles. The molecule has 2 heterocycles. The minimum Gasteiger partial charge on any atom is -0.497 e. The Labute approximate surface area is 165 Å². The molecule has 0 unspecified atom stereocenters. The molecular formula is C22H15F2N3O2. The van der Waals surface area contributed by atoms with Crippen LogP contribution in [0.1, 0.15) is 10.4 Å². The van der Waals surface area contributed by atoms with Gasteiger partial charge in [0, 0.05) is 17.0 Å². The summed E-state index contributed by atoms with van der Waals surface area (Å²) in [6.07, 6.45) is 0. The number of benzene rings is 2. The second-order valence-electron chi connectivity index (χ2n) is 6.24. The number of carbonyl (C=O) groups is 1. The normalized spacial score (nSPS) is 10.7. The van der Waals surface area contributed by atoms with Crippen LogP contribution in [0.5, 0.6) is 5.75 Å². The van der Waals surface area contributed by atoms with Crippen LogP contribution in [0.2, 0.25) is 0 Å². The quantitative estimate of drug-likeness (QED) is 0.506. The fraction of sp³-hybridized carbons (Fsp3) is 0.0455. The van der Waals surface area contributed by atoms with E-state index in [9.17, 15) is 13.6 Å². The lowest BCUT2D eigenvalue weighted by atomic mass is 10.0. The van der Waals surface area contributed by atoms with Crippen LogP contribution in [0.4, 0.5) is 14.6 Å². The Kier molecular flexibility index (Phi) is 4.87. The Morgan fingerprint density at radius 1 is 0.966 bits per heavy atom. The van der Waals surface area contributed by atoms with Gasteiger partial charge in [-0.15, -0.1) is 0 Å². The number of fused-ring (bicyclic) bond motifs is 1. The molecule has 1 N–H and O–H groups in total. The van der Waals surface area contributed by atoms with Crippen molar-refractivity contribution in [2.75, 3.05) is 12.4 Å². The molecular weight excluding hydrogens is 376 g/mol. The number of rotatable bonds is 4. The zero-order valence-electron chi connectivity index (χ0n) is 15.3. The second kappa shape index (κ2) is 7.63. The summed E-state index contributed by atoms with van der Waals surface area (Å²) in [5.74, 6) is -0.918. The SMILES string of the molecule is COc1ccc(-c2cc(C(=O)Nc3cccc(F)n3)c3ccc(F)cc3n2)cc1. The lowest BCUT2D eigenvalue weighted by Gasteiger charge is -2.11. The van der Waals surface area contributed by atoms with E-state index in [1.54, 1.807) is 37.4 Å². The van der Waals surface area contributed by atoms with Crippen molar-refractivity contribution in [2.45, 2.75) is 0 Å². The fourth-order valence-corrected chi connectivity index (χ4v) is 2.96. The zero-order valence-corrected chi connectivity index (χ0v) is 15.3. The lowest BCUT2D eigenvalue weighted by Crippen LogP contribution is -2.14. The van der Waals surface area contributed by atoms with Crippen LogP contribution in [0.15, 0.2) is 66.7 Å². The maximum Gasteiger partial charge on any atom is 0.257 e. The van der Waals surface area contributed by atoms with Crippen LogP contribution in [-0.4, -0.2) is 23.0 Å². The minimum atomic E-state index is -0.705. The van der Waals surface area contributed by atoms with Crippen LogP contribution >= 0.6 is 0 Å². The van der Waals surface area contributed by atoms with E-state index in [2.05, 4.69) is 15.3 Å². The highest BCUT2D eigenvalue weighted by Crippen LogP contribution is 2.27. The molecule has 0 atom stereocenters. The molecule has 0 aliphatic heterocycles. The summed E-state index contributed by atoms with van der Waals surface area (Å²) in [5, 5.41) is 3.04. The van der Waals surface area contributed by atoms with Gasteiger partial charge in [0.1, 0.15) is 17.4 Å².